The van der Waals surface area contributed by atoms with Gasteiger partial charge in [0.15, 0.2) is 5.69 Å². The van der Waals surface area contributed by atoms with Crippen LogP contribution in [0.5, 0.6) is 0 Å². The van der Waals surface area contributed by atoms with Crippen LogP contribution in [0.25, 0.3) is 16.9 Å². The second-order valence-corrected chi connectivity index (χ2v) is 11.7. The zero-order valence-corrected chi connectivity index (χ0v) is 26.7. The first-order valence-electron chi connectivity index (χ1n) is 14.0. The Bertz CT molecular complexity index is 1660. The van der Waals surface area contributed by atoms with Crippen molar-refractivity contribution in [3.05, 3.63) is 71.1 Å². The molecule has 1 aromatic heterocycles. The lowest BCUT2D eigenvalue weighted by Crippen LogP contribution is -2.37. The van der Waals surface area contributed by atoms with E-state index in [2.05, 4.69) is 10.4 Å². The van der Waals surface area contributed by atoms with Crippen LogP contribution in [0.3, 0.4) is 0 Å². The molecule has 2 aromatic carbocycles. The fourth-order valence-electron chi connectivity index (χ4n) is 3.75. The highest BCUT2D eigenvalue weighted by Crippen LogP contribution is 2.33. The lowest BCUT2D eigenvalue weighted by atomic mass is 10.1. The number of aryl methyl sites for hydroxylation is 1. The summed E-state index contributed by atoms with van der Waals surface area (Å²) in [6.45, 7) is 7.31. The van der Waals surface area contributed by atoms with Crippen LogP contribution in [0.1, 0.15) is 39.0 Å². The molecule has 0 saturated carbocycles. The van der Waals surface area contributed by atoms with Crippen molar-refractivity contribution in [3.8, 4) is 16.9 Å². The van der Waals surface area contributed by atoms with Crippen LogP contribution in [-0.2, 0) is 35.2 Å². The maximum absolute atomic E-state index is 13.5. The van der Waals surface area contributed by atoms with E-state index in [1.165, 1.54) is 19.1 Å². The van der Waals surface area contributed by atoms with Gasteiger partial charge in [-0.15, -0.1) is 5.01 Å². The number of hydrazine groups is 1. The molecule has 0 radical (unpaired) electrons. The summed E-state index contributed by atoms with van der Waals surface area (Å²) in [6.07, 6.45) is -8.80. The first kappa shape index (κ1) is 36.4. The number of rotatable bonds is 13. The molecule has 0 saturated heterocycles. The van der Waals surface area contributed by atoms with Gasteiger partial charge >= 0.3 is 18.4 Å². The van der Waals surface area contributed by atoms with E-state index in [4.69, 9.17) is 19.0 Å². The minimum Gasteiger partial charge on any atom is -0.569 e. The molecule has 0 bridgehead atoms. The number of amides is 1. The van der Waals surface area contributed by atoms with Gasteiger partial charge in [-0.1, -0.05) is 29.8 Å². The van der Waals surface area contributed by atoms with E-state index in [1.54, 1.807) is 49.8 Å². The smallest absolute Gasteiger partial charge is 0.511 e. The summed E-state index contributed by atoms with van der Waals surface area (Å²) in [7, 11) is -4.46. The number of likely N-dealkylation sites (N-methyl/N-ethyl adjacent to an activating group) is 1. The molecular formula is C28H33F3N6O9S. The number of hydrogen-bond donors (Lipinski definition) is 1. The van der Waals surface area contributed by atoms with Gasteiger partial charge in [-0.2, -0.15) is 18.3 Å². The summed E-state index contributed by atoms with van der Waals surface area (Å²) < 4.78 is 83.1. The summed E-state index contributed by atoms with van der Waals surface area (Å²) in [5.41, 5.74) is 0.474. The normalized spacial score (nSPS) is 12.7. The molecule has 0 spiro atoms. The Morgan fingerprint density at radius 2 is 1.72 bits per heavy atom. The maximum atomic E-state index is 13.5. The number of nitrogens with zero attached hydrogens (tertiary/aromatic N) is 5. The zero-order chi connectivity index (χ0) is 34.9. The van der Waals surface area contributed by atoms with Crippen molar-refractivity contribution in [2.24, 2.45) is 5.28 Å². The van der Waals surface area contributed by atoms with Crippen molar-refractivity contribution in [2.45, 2.75) is 58.1 Å². The molecule has 15 nitrogen and oxygen atoms in total. The molecule has 3 aromatic rings. The van der Waals surface area contributed by atoms with Gasteiger partial charge in [-0.05, 0) is 58.0 Å². The van der Waals surface area contributed by atoms with Crippen LogP contribution < -0.4 is 4.72 Å². The SMILES string of the molecule is CCN(CCOC(=O)NS(=O)(=O)c1ccc(-n2nc(C(F)(F)F)cc2-c2ccc(C)cc2)cc1)[N+]([O-])=NOC(C)OC(=O)OC(C)C. The number of benzene rings is 2. The quantitative estimate of drug-likeness (QED) is 0.0809. The molecule has 1 unspecified atom stereocenters. The van der Waals surface area contributed by atoms with E-state index >= 15 is 0 Å². The Hall–Kier alpha value is -5.07. The molecule has 1 heterocycles. The van der Waals surface area contributed by atoms with Crippen LogP contribution >= 0.6 is 0 Å². The number of nitrogens with one attached hydrogen (secondary N) is 1. The van der Waals surface area contributed by atoms with Crippen LogP contribution in [0.4, 0.5) is 22.8 Å². The molecule has 0 aliphatic carbocycles. The minimum atomic E-state index is -4.72. The predicted molar refractivity (Wildman–Crippen MR) is 157 cm³/mol. The van der Waals surface area contributed by atoms with E-state index in [-0.39, 0.29) is 34.3 Å². The van der Waals surface area contributed by atoms with Crippen molar-refractivity contribution in [1.82, 2.24) is 19.5 Å². The number of aromatic nitrogens is 2. The predicted octanol–water partition coefficient (Wildman–Crippen LogP) is 5.32. The van der Waals surface area contributed by atoms with Crippen molar-refractivity contribution in [1.29, 1.82) is 0 Å². The largest absolute Gasteiger partial charge is 0.569 e. The summed E-state index contributed by atoms with van der Waals surface area (Å²) in [4.78, 5) is 28.1. The second-order valence-electron chi connectivity index (χ2n) is 10.0. The fraction of sp³-hybridized carbons (Fsp3) is 0.393. The minimum absolute atomic E-state index is 0.0225. The van der Waals surface area contributed by atoms with Crippen molar-refractivity contribution >= 4 is 22.3 Å². The molecule has 1 atom stereocenters. The third-order valence-corrected chi connectivity index (χ3v) is 7.33. The summed E-state index contributed by atoms with van der Waals surface area (Å²) in [5, 5.41) is 20.1. The van der Waals surface area contributed by atoms with E-state index in [1.807, 2.05) is 6.92 Å². The monoisotopic (exact) mass is 686 g/mol. The highest BCUT2D eigenvalue weighted by Gasteiger charge is 2.35. The molecule has 19 heteroatoms. The van der Waals surface area contributed by atoms with Gasteiger partial charge in [-0.3, -0.25) is 4.84 Å². The molecule has 0 fully saturated rings. The Kier molecular flexibility index (Phi) is 12.0. The Morgan fingerprint density at radius 1 is 1.09 bits per heavy atom. The van der Waals surface area contributed by atoms with Gasteiger partial charge in [0, 0.05) is 12.5 Å². The first-order chi connectivity index (χ1) is 22.0. The average molecular weight is 687 g/mol. The molecule has 1 N–H and O–H groups in total. The number of hydrogen-bond acceptors (Lipinski definition) is 11. The zero-order valence-electron chi connectivity index (χ0n) is 25.9. The Morgan fingerprint density at radius 3 is 2.30 bits per heavy atom. The van der Waals surface area contributed by atoms with Gasteiger partial charge in [0.2, 0.25) is 5.28 Å². The molecule has 1 amide bonds. The first-order valence-corrected chi connectivity index (χ1v) is 15.5. The molecule has 0 aliphatic rings. The maximum Gasteiger partial charge on any atom is 0.511 e. The van der Waals surface area contributed by atoms with Crippen LogP contribution in [0.15, 0.2) is 64.8 Å². The number of alkyl halides is 3. The van der Waals surface area contributed by atoms with Crippen LogP contribution in [0, 0.1) is 12.1 Å². The number of carbonyl (C=O) groups excluding carboxylic acids is 2. The van der Waals surface area contributed by atoms with E-state index in [9.17, 15) is 36.4 Å². The van der Waals surface area contributed by atoms with Crippen LogP contribution in [0.2, 0.25) is 0 Å². The summed E-state index contributed by atoms with van der Waals surface area (Å²) in [6, 6.07) is 12.3. The number of halogens is 3. The molecule has 0 aliphatic heterocycles. The van der Waals surface area contributed by atoms with Gasteiger partial charge < -0.3 is 19.4 Å². The molecule has 256 valence electrons. The number of carbonyl (C=O) groups is 2. The topological polar surface area (TPSA) is 177 Å². The number of ether oxygens (including phenoxy) is 3. The van der Waals surface area contributed by atoms with E-state index in [0.717, 1.165) is 33.5 Å². The van der Waals surface area contributed by atoms with Gasteiger partial charge in [0.25, 0.3) is 16.3 Å². The van der Waals surface area contributed by atoms with Crippen molar-refractivity contribution in [3.63, 3.8) is 0 Å². The van der Waals surface area contributed by atoms with E-state index in [0.29, 0.717) is 5.56 Å². The fourth-order valence-corrected chi connectivity index (χ4v) is 4.65. The second kappa shape index (κ2) is 15.5. The van der Waals surface area contributed by atoms with Crippen LogP contribution in [-0.4, -0.2) is 72.5 Å². The Balaban J connectivity index is 1.61. The summed E-state index contributed by atoms with van der Waals surface area (Å²) in [5.74, 6) is 0. The number of sulfonamides is 1. The highest BCUT2D eigenvalue weighted by atomic mass is 32.2. The van der Waals surface area contributed by atoms with Gasteiger partial charge in [0.05, 0.1) is 33.9 Å². The average Bonchev–Trinajstić information content (AvgIpc) is 3.44. The van der Waals surface area contributed by atoms with E-state index < -0.39 is 53.1 Å². The lowest BCUT2D eigenvalue weighted by Gasteiger charge is -2.17. The highest BCUT2D eigenvalue weighted by molar-refractivity contribution is 7.90. The van der Waals surface area contributed by atoms with Crippen molar-refractivity contribution in [2.75, 3.05) is 19.7 Å². The molecular weight excluding hydrogens is 653 g/mol. The lowest BCUT2D eigenvalue weighted by molar-refractivity contribution is -0.712. The van der Waals surface area contributed by atoms with Crippen molar-refractivity contribution < 1.29 is 55.2 Å². The summed E-state index contributed by atoms with van der Waals surface area (Å²) >= 11 is 0. The third-order valence-electron chi connectivity index (χ3n) is 6.01. The van der Waals surface area contributed by atoms with Gasteiger partial charge in [0.1, 0.15) is 13.2 Å². The third kappa shape index (κ3) is 10.5. The molecule has 3 rings (SSSR count). The Labute approximate surface area is 268 Å². The van der Waals surface area contributed by atoms with Gasteiger partial charge in [-0.25, -0.2) is 27.4 Å². The standard InChI is InChI=1S/C28H33F3N6O9S/c1-6-35(37(40)34-46-20(5)45-27(39)44-18(2)3)15-16-43-26(38)33-47(41,42)23-13-11-22(12-14-23)36-24(17-25(32-36)28(29,30)31)21-9-7-19(4)8-10-21/h7-14,17-18,20H,6,15-16H2,1-5H3,(H,33,38). The molecule has 47 heavy (non-hydrogen) atoms.